The maximum Gasteiger partial charge on any atom is 0.0435 e. The van der Waals surface area contributed by atoms with Crippen molar-refractivity contribution in [1.29, 1.82) is 0 Å². The second-order valence-electron chi connectivity index (χ2n) is 3.64. The molecule has 74 valence electrons. The van der Waals surface area contributed by atoms with Crippen LogP contribution in [0.1, 0.15) is 37.1 Å². The summed E-state index contributed by atoms with van der Waals surface area (Å²) in [4.78, 5) is 3.82. The first-order valence-corrected chi connectivity index (χ1v) is 5.83. The van der Waals surface area contributed by atoms with Crippen LogP contribution in [0.3, 0.4) is 0 Å². The summed E-state index contributed by atoms with van der Waals surface area (Å²) in [7, 11) is 4.33. The van der Waals surface area contributed by atoms with E-state index in [-0.39, 0.29) is 0 Å². The van der Waals surface area contributed by atoms with Gasteiger partial charge in [0.05, 0.1) is 0 Å². The molecule has 1 heterocycles. The summed E-state index contributed by atoms with van der Waals surface area (Å²) in [6.45, 7) is 2.25. The first-order chi connectivity index (χ1) is 6.25. The van der Waals surface area contributed by atoms with E-state index < -0.39 is 0 Å². The molecule has 0 aliphatic heterocycles. The van der Waals surface area contributed by atoms with Gasteiger partial charge in [-0.2, -0.15) is 0 Å². The van der Waals surface area contributed by atoms with E-state index in [2.05, 4.69) is 43.4 Å². The first-order valence-electron chi connectivity index (χ1n) is 4.95. The minimum atomic E-state index is 0.625. The fourth-order valence-electron chi connectivity index (χ4n) is 1.53. The van der Waals surface area contributed by atoms with Crippen LogP contribution in [0.5, 0.6) is 0 Å². The van der Waals surface area contributed by atoms with Crippen molar-refractivity contribution in [1.82, 2.24) is 4.90 Å². The van der Waals surface area contributed by atoms with Gasteiger partial charge in [-0.25, -0.2) is 0 Å². The number of hydrogen-bond acceptors (Lipinski definition) is 2. The second kappa shape index (κ2) is 5.40. The molecule has 13 heavy (non-hydrogen) atoms. The van der Waals surface area contributed by atoms with Gasteiger partial charge in [-0.15, -0.1) is 11.3 Å². The van der Waals surface area contributed by atoms with E-state index in [1.165, 1.54) is 24.1 Å². The average molecular weight is 197 g/mol. The Bertz CT molecular complexity index is 216. The van der Waals surface area contributed by atoms with Gasteiger partial charge in [0.2, 0.25) is 0 Å². The molecule has 1 aromatic rings. The van der Waals surface area contributed by atoms with Crippen LogP contribution >= 0.6 is 11.3 Å². The quantitative estimate of drug-likeness (QED) is 0.698. The lowest BCUT2D eigenvalue weighted by atomic mass is 10.1. The van der Waals surface area contributed by atoms with E-state index in [1.807, 2.05) is 11.3 Å². The van der Waals surface area contributed by atoms with E-state index in [4.69, 9.17) is 0 Å². The number of rotatable bonds is 5. The molecule has 0 aliphatic carbocycles. The smallest absolute Gasteiger partial charge is 0.0435 e. The van der Waals surface area contributed by atoms with Crippen molar-refractivity contribution in [2.75, 3.05) is 14.1 Å². The summed E-state index contributed by atoms with van der Waals surface area (Å²) < 4.78 is 0. The van der Waals surface area contributed by atoms with Crippen molar-refractivity contribution in [3.63, 3.8) is 0 Å². The maximum atomic E-state index is 2.32. The lowest BCUT2D eigenvalue weighted by Gasteiger charge is -2.22. The summed E-state index contributed by atoms with van der Waals surface area (Å²) in [5, 5.41) is 2.16. The molecular formula is C11H19NS. The number of nitrogens with zero attached hydrogens (tertiary/aromatic N) is 1. The van der Waals surface area contributed by atoms with Gasteiger partial charge in [0.15, 0.2) is 0 Å². The Morgan fingerprint density at radius 2 is 2.23 bits per heavy atom. The van der Waals surface area contributed by atoms with Gasteiger partial charge in [0.25, 0.3) is 0 Å². The molecule has 0 aliphatic rings. The molecule has 2 heteroatoms. The van der Waals surface area contributed by atoms with Gasteiger partial charge >= 0.3 is 0 Å². The standard InChI is InChI=1S/C11H19NS/c1-4-5-7-10(12(2)3)11-8-6-9-13-11/h6,8-10H,4-5,7H2,1-3H3. The highest BCUT2D eigenvalue weighted by Gasteiger charge is 2.13. The van der Waals surface area contributed by atoms with Crippen molar-refractivity contribution >= 4 is 11.3 Å². The Hall–Kier alpha value is -0.340. The van der Waals surface area contributed by atoms with Crippen molar-refractivity contribution in [3.8, 4) is 0 Å². The van der Waals surface area contributed by atoms with E-state index in [0.29, 0.717) is 6.04 Å². The molecule has 0 radical (unpaired) electrons. The number of hydrogen-bond donors (Lipinski definition) is 0. The van der Waals surface area contributed by atoms with E-state index in [0.717, 1.165) is 0 Å². The SMILES string of the molecule is CCCCC(c1cccs1)N(C)C. The third kappa shape index (κ3) is 3.12. The molecule has 0 saturated heterocycles. The predicted octanol–water partition coefficient (Wildman–Crippen LogP) is 3.54. The van der Waals surface area contributed by atoms with Crippen LogP contribution < -0.4 is 0 Å². The fraction of sp³-hybridized carbons (Fsp3) is 0.636. The minimum Gasteiger partial charge on any atom is -0.302 e. The average Bonchev–Trinajstić information content (AvgIpc) is 2.57. The zero-order valence-corrected chi connectivity index (χ0v) is 9.60. The van der Waals surface area contributed by atoms with E-state index in [9.17, 15) is 0 Å². The second-order valence-corrected chi connectivity index (χ2v) is 4.62. The summed E-state index contributed by atoms with van der Waals surface area (Å²) in [6.07, 6.45) is 3.89. The third-order valence-corrected chi connectivity index (χ3v) is 3.30. The highest BCUT2D eigenvalue weighted by atomic mass is 32.1. The number of thiophene rings is 1. The summed E-state index contributed by atoms with van der Waals surface area (Å²) >= 11 is 1.87. The van der Waals surface area contributed by atoms with Crippen LogP contribution in [0, 0.1) is 0 Å². The van der Waals surface area contributed by atoms with E-state index >= 15 is 0 Å². The Labute approximate surface area is 85.4 Å². The molecule has 0 N–H and O–H groups in total. The first kappa shape index (κ1) is 10.7. The van der Waals surface area contributed by atoms with Crippen LogP contribution in [0.15, 0.2) is 17.5 Å². The molecule has 0 fully saturated rings. The molecular weight excluding hydrogens is 178 g/mol. The van der Waals surface area contributed by atoms with Crippen molar-refractivity contribution in [3.05, 3.63) is 22.4 Å². The lowest BCUT2D eigenvalue weighted by molar-refractivity contribution is 0.283. The molecule has 0 aromatic carbocycles. The topological polar surface area (TPSA) is 3.24 Å². The van der Waals surface area contributed by atoms with Crippen molar-refractivity contribution in [2.45, 2.75) is 32.2 Å². The van der Waals surface area contributed by atoms with Crippen LogP contribution in [0.2, 0.25) is 0 Å². The molecule has 0 saturated carbocycles. The van der Waals surface area contributed by atoms with Gasteiger partial charge < -0.3 is 4.90 Å². The van der Waals surface area contributed by atoms with E-state index in [1.54, 1.807) is 0 Å². The summed E-state index contributed by atoms with van der Waals surface area (Å²) in [5.74, 6) is 0. The number of unbranched alkanes of at least 4 members (excludes halogenated alkanes) is 1. The van der Waals surface area contributed by atoms with Gasteiger partial charge in [-0.3, -0.25) is 0 Å². The van der Waals surface area contributed by atoms with Crippen molar-refractivity contribution in [2.24, 2.45) is 0 Å². The predicted molar refractivity (Wildman–Crippen MR) is 60.3 cm³/mol. The van der Waals surface area contributed by atoms with Crippen LogP contribution in [-0.4, -0.2) is 19.0 Å². The van der Waals surface area contributed by atoms with Crippen LogP contribution in [-0.2, 0) is 0 Å². The largest absolute Gasteiger partial charge is 0.302 e. The molecule has 1 rings (SSSR count). The van der Waals surface area contributed by atoms with Gasteiger partial charge in [-0.1, -0.05) is 25.8 Å². The van der Waals surface area contributed by atoms with Gasteiger partial charge in [-0.05, 0) is 32.0 Å². The lowest BCUT2D eigenvalue weighted by Crippen LogP contribution is -2.18. The monoisotopic (exact) mass is 197 g/mol. The molecule has 1 atom stereocenters. The zero-order valence-electron chi connectivity index (χ0n) is 8.79. The Morgan fingerprint density at radius 3 is 2.69 bits per heavy atom. The highest BCUT2D eigenvalue weighted by Crippen LogP contribution is 2.27. The third-order valence-electron chi connectivity index (χ3n) is 2.33. The van der Waals surface area contributed by atoms with Gasteiger partial charge in [0.1, 0.15) is 0 Å². The Kier molecular flexibility index (Phi) is 4.46. The highest BCUT2D eigenvalue weighted by molar-refractivity contribution is 7.10. The molecule has 1 nitrogen and oxygen atoms in total. The molecule has 0 bridgehead atoms. The molecule has 0 spiro atoms. The fourth-order valence-corrected chi connectivity index (χ4v) is 2.49. The summed E-state index contributed by atoms with van der Waals surface area (Å²) in [5.41, 5.74) is 0. The minimum absolute atomic E-state index is 0.625. The van der Waals surface area contributed by atoms with Crippen LogP contribution in [0.25, 0.3) is 0 Å². The maximum absolute atomic E-state index is 2.32. The normalized spacial score (nSPS) is 13.5. The Morgan fingerprint density at radius 1 is 1.46 bits per heavy atom. The van der Waals surface area contributed by atoms with Gasteiger partial charge in [0, 0.05) is 10.9 Å². The van der Waals surface area contributed by atoms with Crippen LogP contribution in [0.4, 0.5) is 0 Å². The molecule has 1 aromatic heterocycles. The Balaban J connectivity index is 2.58. The zero-order chi connectivity index (χ0) is 9.68. The summed E-state index contributed by atoms with van der Waals surface area (Å²) in [6, 6.07) is 5.01. The van der Waals surface area contributed by atoms with Crippen molar-refractivity contribution < 1.29 is 0 Å². The molecule has 0 amide bonds. The molecule has 1 unspecified atom stereocenters.